The molecule has 0 amide bonds. The fourth-order valence-corrected chi connectivity index (χ4v) is 2.49. The zero-order valence-corrected chi connectivity index (χ0v) is 12.4. The Morgan fingerprint density at radius 3 is 2.45 bits per heavy atom. The van der Waals surface area contributed by atoms with Crippen LogP contribution in [0.25, 0.3) is 0 Å². The molecular formula is C17H24N2O. The van der Waals surface area contributed by atoms with Crippen molar-refractivity contribution in [2.45, 2.75) is 52.0 Å². The minimum absolute atomic E-state index is 0.529. The Morgan fingerprint density at radius 1 is 1.10 bits per heavy atom. The second-order valence-electron chi connectivity index (χ2n) is 5.23. The number of rotatable bonds is 8. The lowest BCUT2D eigenvalue weighted by Gasteiger charge is -2.10. The summed E-state index contributed by atoms with van der Waals surface area (Å²) in [6, 6.07) is 12.4. The molecule has 3 heteroatoms. The van der Waals surface area contributed by atoms with Gasteiger partial charge in [0.25, 0.3) is 0 Å². The summed E-state index contributed by atoms with van der Waals surface area (Å²) in [7, 11) is 0. The third kappa shape index (κ3) is 4.12. The fraction of sp³-hybridized carbons (Fsp3) is 0.471. The van der Waals surface area contributed by atoms with Gasteiger partial charge in [0.15, 0.2) is 0 Å². The number of hydrogen-bond acceptors (Lipinski definition) is 3. The maximum atomic E-state index is 5.40. The SMILES string of the molecule is CCCC(CCC)c1cc(NCc2ccccc2)on1. The van der Waals surface area contributed by atoms with E-state index in [4.69, 9.17) is 4.52 Å². The van der Waals surface area contributed by atoms with Crippen LogP contribution in [0.5, 0.6) is 0 Å². The molecule has 0 saturated carbocycles. The van der Waals surface area contributed by atoms with Crippen LogP contribution in [-0.4, -0.2) is 5.16 Å². The Bertz CT molecular complexity index is 487. The monoisotopic (exact) mass is 272 g/mol. The van der Waals surface area contributed by atoms with Gasteiger partial charge in [0.2, 0.25) is 5.88 Å². The van der Waals surface area contributed by atoms with Crippen LogP contribution in [0, 0.1) is 0 Å². The second kappa shape index (κ2) is 7.73. The number of nitrogens with one attached hydrogen (secondary N) is 1. The standard InChI is InChI=1S/C17H24N2O/c1-3-8-15(9-4-2)16-12-17(20-19-16)18-13-14-10-6-5-7-11-14/h5-7,10-12,15,18H,3-4,8-9,13H2,1-2H3. The largest absolute Gasteiger partial charge is 0.350 e. The average molecular weight is 272 g/mol. The number of nitrogens with zero attached hydrogens (tertiary/aromatic N) is 1. The summed E-state index contributed by atoms with van der Waals surface area (Å²) >= 11 is 0. The minimum atomic E-state index is 0.529. The number of anilines is 1. The van der Waals surface area contributed by atoms with Crippen molar-refractivity contribution in [3.8, 4) is 0 Å². The highest BCUT2D eigenvalue weighted by Crippen LogP contribution is 2.27. The molecule has 0 unspecified atom stereocenters. The highest BCUT2D eigenvalue weighted by Gasteiger charge is 2.14. The number of hydrogen-bond donors (Lipinski definition) is 1. The van der Waals surface area contributed by atoms with Gasteiger partial charge < -0.3 is 9.84 Å². The predicted octanol–water partition coefficient (Wildman–Crippen LogP) is 4.97. The van der Waals surface area contributed by atoms with Crippen molar-refractivity contribution in [3.63, 3.8) is 0 Å². The van der Waals surface area contributed by atoms with E-state index in [1.165, 1.54) is 31.2 Å². The molecule has 0 saturated heterocycles. The van der Waals surface area contributed by atoms with Gasteiger partial charge in [-0.25, -0.2) is 0 Å². The van der Waals surface area contributed by atoms with Gasteiger partial charge in [-0.1, -0.05) is 62.2 Å². The molecule has 3 nitrogen and oxygen atoms in total. The van der Waals surface area contributed by atoms with Crippen molar-refractivity contribution < 1.29 is 4.52 Å². The van der Waals surface area contributed by atoms with Crippen molar-refractivity contribution >= 4 is 5.88 Å². The van der Waals surface area contributed by atoms with Crippen molar-refractivity contribution in [3.05, 3.63) is 47.7 Å². The van der Waals surface area contributed by atoms with Gasteiger partial charge in [0.05, 0.1) is 5.69 Å². The summed E-state index contributed by atoms with van der Waals surface area (Å²) in [5.74, 6) is 1.29. The summed E-state index contributed by atoms with van der Waals surface area (Å²) < 4.78 is 5.40. The topological polar surface area (TPSA) is 38.1 Å². The summed E-state index contributed by atoms with van der Waals surface area (Å²) in [5, 5.41) is 7.52. The van der Waals surface area contributed by atoms with Crippen LogP contribution in [0.2, 0.25) is 0 Å². The molecule has 1 heterocycles. The Hall–Kier alpha value is -1.77. The normalized spacial score (nSPS) is 10.9. The molecule has 1 N–H and O–H groups in total. The van der Waals surface area contributed by atoms with Crippen molar-refractivity contribution in [2.24, 2.45) is 0 Å². The van der Waals surface area contributed by atoms with Crippen LogP contribution in [0.15, 0.2) is 40.9 Å². The lowest BCUT2D eigenvalue weighted by Crippen LogP contribution is -1.99. The fourth-order valence-electron chi connectivity index (χ4n) is 2.49. The van der Waals surface area contributed by atoms with E-state index in [2.05, 4.69) is 42.5 Å². The van der Waals surface area contributed by atoms with E-state index in [1.807, 2.05) is 18.2 Å². The van der Waals surface area contributed by atoms with Gasteiger partial charge in [-0.3, -0.25) is 0 Å². The van der Waals surface area contributed by atoms with Crippen LogP contribution in [0.3, 0.4) is 0 Å². The van der Waals surface area contributed by atoms with Gasteiger partial charge in [-0.15, -0.1) is 0 Å². The molecule has 108 valence electrons. The maximum Gasteiger partial charge on any atom is 0.225 e. The Kier molecular flexibility index (Phi) is 5.66. The zero-order chi connectivity index (χ0) is 14.2. The molecule has 0 bridgehead atoms. The lowest BCUT2D eigenvalue weighted by molar-refractivity contribution is 0.407. The number of aromatic nitrogens is 1. The Morgan fingerprint density at radius 2 is 1.80 bits per heavy atom. The molecule has 0 aliphatic carbocycles. The maximum absolute atomic E-state index is 5.40. The molecule has 0 radical (unpaired) electrons. The van der Waals surface area contributed by atoms with Gasteiger partial charge in [0, 0.05) is 18.5 Å². The summed E-state index contributed by atoms with van der Waals surface area (Å²) in [4.78, 5) is 0. The molecule has 0 spiro atoms. The van der Waals surface area contributed by atoms with E-state index >= 15 is 0 Å². The predicted molar refractivity (Wildman–Crippen MR) is 82.8 cm³/mol. The molecule has 1 aromatic heterocycles. The summed E-state index contributed by atoms with van der Waals surface area (Å²) in [6.45, 7) is 5.20. The second-order valence-corrected chi connectivity index (χ2v) is 5.23. The Labute approximate surface area is 121 Å². The van der Waals surface area contributed by atoms with Crippen molar-refractivity contribution in [1.29, 1.82) is 0 Å². The van der Waals surface area contributed by atoms with E-state index in [-0.39, 0.29) is 0 Å². The molecule has 20 heavy (non-hydrogen) atoms. The quantitative estimate of drug-likeness (QED) is 0.737. The summed E-state index contributed by atoms with van der Waals surface area (Å²) in [6.07, 6.45) is 4.73. The lowest BCUT2D eigenvalue weighted by atomic mass is 9.95. The zero-order valence-electron chi connectivity index (χ0n) is 12.4. The first-order chi connectivity index (χ1) is 9.83. The van der Waals surface area contributed by atoms with E-state index in [1.54, 1.807) is 0 Å². The van der Waals surface area contributed by atoms with E-state index in [9.17, 15) is 0 Å². The average Bonchev–Trinajstić information content (AvgIpc) is 2.95. The molecule has 0 aliphatic heterocycles. The highest BCUT2D eigenvalue weighted by molar-refractivity contribution is 5.34. The van der Waals surface area contributed by atoms with E-state index in [0.717, 1.165) is 18.1 Å². The van der Waals surface area contributed by atoms with Crippen LogP contribution in [-0.2, 0) is 6.54 Å². The molecular weight excluding hydrogens is 248 g/mol. The first-order valence-electron chi connectivity index (χ1n) is 7.57. The minimum Gasteiger partial charge on any atom is -0.350 e. The van der Waals surface area contributed by atoms with Crippen LogP contribution in [0.1, 0.15) is 56.7 Å². The molecule has 0 atom stereocenters. The number of benzene rings is 1. The van der Waals surface area contributed by atoms with Gasteiger partial charge >= 0.3 is 0 Å². The van der Waals surface area contributed by atoms with E-state index < -0.39 is 0 Å². The van der Waals surface area contributed by atoms with Gasteiger partial charge in [-0.2, -0.15) is 0 Å². The third-order valence-electron chi connectivity index (χ3n) is 3.53. The molecule has 0 fully saturated rings. The molecule has 2 rings (SSSR count). The molecule has 1 aromatic carbocycles. The van der Waals surface area contributed by atoms with Gasteiger partial charge in [0.1, 0.15) is 0 Å². The first kappa shape index (κ1) is 14.6. The van der Waals surface area contributed by atoms with Crippen LogP contribution < -0.4 is 5.32 Å². The van der Waals surface area contributed by atoms with Crippen LogP contribution in [0.4, 0.5) is 5.88 Å². The smallest absolute Gasteiger partial charge is 0.225 e. The molecule has 2 aromatic rings. The highest BCUT2D eigenvalue weighted by atomic mass is 16.5. The van der Waals surface area contributed by atoms with Crippen LogP contribution >= 0.6 is 0 Å². The third-order valence-corrected chi connectivity index (χ3v) is 3.53. The Balaban J connectivity index is 1.94. The van der Waals surface area contributed by atoms with Gasteiger partial charge in [-0.05, 0) is 18.4 Å². The first-order valence-corrected chi connectivity index (χ1v) is 7.57. The van der Waals surface area contributed by atoms with Crippen molar-refractivity contribution in [2.75, 3.05) is 5.32 Å². The summed E-state index contributed by atoms with van der Waals surface area (Å²) in [5.41, 5.74) is 2.33. The van der Waals surface area contributed by atoms with Crippen molar-refractivity contribution in [1.82, 2.24) is 5.16 Å². The molecule has 0 aliphatic rings. The van der Waals surface area contributed by atoms with E-state index in [0.29, 0.717) is 5.92 Å².